The van der Waals surface area contributed by atoms with Gasteiger partial charge in [0.05, 0.1) is 0 Å². The van der Waals surface area contributed by atoms with Crippen LogP contribution in [0.4, 0.5) is 4.79 Å². The highest BCUT2D eigenvalue weighted by molar-refractivity contribution is 5.73. The summed E-state index contributed by atoms with van der Waals surface area (Å²) in [5, 5.41) is 6.43. The quantitative estimate of drug-likeness (QED) is 0.694. The summed E-state index contributed by atoms with van der Waals surface area (Å²) in [6, 6.07) is 0.497. The minimum Gasteiger partial charge on any atom is -0.337 e. The van der Waals surface area contributed by atoms with Crippen LogP contribution in [0.15, 0.2) is 0 Å². The van der Waals surface area contributed by atoms with Crippen molar-refractivity contribution in [1.82, 2.24) is 20.4 Å². The van der Waals surface area contributed by atoms with Crippen LogP contribution in [0.5, 0.6) is 0 Å². The lowest BCUT2D eigenvalue weighted by atomic mass is 9.91. The number of likely N-dealkylation sites (tertiary alicyclic amines) is 1. The summed E-state index contributed by atoms with van der Waals surface area (Å²) >= 11 is 0. The number of rotatable bonds is 7. The highest BCUT2D eigenvalue weighted by atomic mass is 16.2. The number of urea groups is 1. The third-order valence-electron chi connectivity index (χ3n) is 4.06. The van der Waals surface area contributed by atoms with E-state index in [4.69, 9.17) is 0 Å². The fourth-order valence-corrected chi connectivity index (χ4v) is 2.81. The lowest BCUT2D eigenvalue weighted by Gasteiger charge is -2.36. The van der Waals surface area contributed by atoms with E-state index in [2.05, 4.69) is 29.4 Å². The second-order valence-electron chi connectivity index (χ2n) is 6.07. The Hall–Kier alpha value is -0.810. The Balaban J connectivity index is 2.18. The number of carbonyl (C=O) groups is 1. The largest absolute Gasteiger partial charge is 0.337 e. The molecule has 0 aromatic rings. The SMILES string of the molecule is CCCN1CCCC(C(C)NCCNC(=O)N(C)C)C1. The molecule has 2 amide bonds. The molecule has 5 nitrogen and oxygen atoms in total. The molecule has 0 radical (unpaired) electrons. The molecule has 5 heteroatoms. The zero-order chi connectivity index (χ0) is 15.0. The molecule has 1 fully saturated rings. The van der Waals surface area contributed by atoms with Gasteiger partial charge in [-0.2, -0.15) is 0 Å². The standard InChI is InChI=1S/C15H32N4O/c1-5-10-19-11-6-7-14(12-19)13(2)16-8-9-17-15(20)18(3)4/h13-14,16H,5-12H2,1-4H3,(H,17,20). The van der Waals surface area contributed by atoms with E-state index in [1.54, 1.807) is 19.0 Å². The molecule has 1 rings (SSSR count). The molecule has 2 unspecified atom stereocenters. The van der Waals surface area contributed by atoms with E-state index in [1.165, 1.54) is 38.9 Å². The zero-order valence-corrected chi connectivity index (χ0v) is 13.6. The first-order valence-corrected chi connectivity index (χ1v) is 7.95. The molecule has 1 heterocycles. The van der Waals surface area contributed by atoms with E-state index in [0.717, 1.165) is 12.5 Å². The third kappa shape index (κ3) is 6.09. The van der Waals surface area contributed by atoms with E-state index < -0.39 is 0 Å². The zero-order valence-electron chi connectivity index (χ0n) is 13.6. The Morgan fingerprint density at radius 2 is 2.15 bits per heavy atom. The van der Waals surface area contributed by atoms with Gasteiger partial charge in [-0.15, -0.1) is 0 Å². The number of piperidine rings is 1. The van der Waals surface area contributed by atoms with E-state index in [9.17, 15) is 4.79 Å². The van der Waals surface area contributed by atoms with Gasteiger partial charge in [-0.3, -0.25) is 0 Å². The highest BCUT2D eigenvalue weighted by Gasteiger charge is 2.23. The van der Waals surface area contributed by atoms with Crippen LogP contribution in [0.25, 0.3) is 0 Å². The molecule has 118 valence electrons. The van der Waals surface area contributed by atoms with E-state index in [0.29, 0.717) is 12.6 Å². The smallest absolute Gasteiger partial charge is 0.316 e. The van der Waals surface area contributed by atoms with Gasteiger partial charge in [0, 0.05) is 39.8 Å². The van der Waals surface area contributed by atoms with Gasteiger partial charge in [-0.25, -0.2) is 4.79 Å². The monoisotopic (exact) mass is 284 g/mol. The van der Waals surface area contributed by atoms with Crippen LogP contribution < -0.4 is 10.6 Å². The summed E-state index contributed by atoms with van der Waals surface area (Å²) in [6.07, 6.45) is 3.87. The number of amides is 2. The molecule has 0 aromatic heterocycles. The molecule has 0 saturated carbocycles. The van der Waals surface area contributed by atoms with Crippen LogP contribution in [0.2, 0.25) is 0 Å². The lowest BCUT2D eigenvalue weighted by molar-refractivity contribution is 0.151. The third-order valence-corrected chi connectivity index (χ3v) is 4.06. The summed E-state index contributed by atoms with van der Waals surface area (Å²) in [5.74, 6) is 0.736. The van der Waals surface area contributed by atoms with Crippen molar-refractivity contribution in [3.05, 3.63) is 0 Å². The Labute approximate surface area is 124 Å². The van der Waals surface area contributed by atoms with E-state index in [-0.39, 0.29) is 6.03 Å². The van der Waals surface area contributed by atoms with Crippen molar-refractivity contribution in [3.8, 4) is 0 Å². The molecule has 1 aliphatic rings. The average molecular weight is 284 g/mol. The van der Waals surface area contributed by atoms with Gasteiger partial charge >= 0.3 is 6.03 Å². The second-order valence-corrected chi connectivity index (χ2v) is 6.07. The van der Waals surface area contributed by atoms with E-state index >= 15 is 0 Å². The number of hydrogen-bond donors (Lipinski definition) is 2. The van der Waals surface area contributed by atoms with Crippen molar-refractivity contribution < 1.29 is 4.79 Å². The molecule has 2 atom stereocenters. The van der Waals surface area contributed by atoms with Crippen LogP contribution in [0, 0.1) is 5.92 Å². The Morgan fingerprint density at radius 1 is 1.40 bits per heavy atom. The van der Waals surface area contributed by atoms with Gasteiger partial charge in [-0.1, -0.05) is 6.92 Å². The molecule has 0 spiro atoms. The molecular formula is C15H32N4O. The molecular weight excluding hydrogens is 252 g/mol. The fourth-order valence-electron chi connectivity index (χ4n) is 2.81. The van der Waals surface area contributed by atoms with Crippen LogP contribution in [-0.4, -0.2) is 68.7 Å². The number of hydrogen-bond acceptors (Lipinski definition) is 3. The molecule has 1 saturated heterocycles. The first-order valence-electron chi connectivity index (χ1n) is 7.95. The number of nitrogens with zero attached hydrogens (tertiary/aromatic N) is 2. The van der Waals surface area contributed by atoms with Gasteiger partial charge in [0.1, 0.15) is 0 Å². The van der Waals surface area contributed by atoms with Crippen molar-refractivity contribution in [3.63, 3.8) is 0 Å². The lowest BCUT2D eigenvalue weighted by Crippen LogP contribution is -2.46. The Morgan fingerprint density at radius 3 is 2.80 bits per heavy atom. The van der Waals surface area contributed by atoms with Gasteiger partial charge in [0.2, 0.25) is 0 Å². The Kier molecular flexibility index (Phi) is 7.92. The summed E-state index contributed by atoms with van der Waals surface area (Å²) in [7, 11) is 3.52. The Bertz CT molecular complexity index is 281. The van der Waals surface area contributed by atoms with Gasteiger partial charge < -0.3 is 20.4 Å². The van der Waals surface area contributed by atoms with Crippen LogP contribution in [0.3, 0.4) is 0 Å². The molecule has 1 aliphatic heterocycles. The summed E-state index contributed by atoms with van der Waals surface area (Å²) in [5.41, 5.74) is 0. The normalized spacial score (nSPS) is 21.5. The molecule has 20 heavy (non-hydrogen) atoms. The summed E-state index contributed by atoms with van der Waals surface area (Å²) < 4.78 is 0. The van der Waals surface area contributed by atoms with Crippen molar-refractivity contribution in [1.29, 1.82) is 0 Å². The molecule has 2 N–H and O–H groups in total. The fraction of sp³-hybridized carbons (Fsp3) is 0.933. The minimum absolute atomic E-state index is 0.0220. The molecule has 0 aliphatic carbocycles. The maximum Gasteiger partial charge on any atom is 0.316 e. The number of carbonyl (C=O) groups excluding carboxylic acids is 1. The van der Waals surface area contributed by atoms with Crippen LogP contribution in [0.1, 0.15) is 33.1 Å². The molecule has 0 aromatic carbocycles. The topological polar surface area (TPSA) is 47.6 Å². The van der Waals surface area contributed by atoms with E-state index in [1.807, 2.05) is 0 Å². The predicted octanol–water partition coefficient (Wildman–Crippen LogP) is 1.36. The van der Waals surface area contributed by atoms with Crippen molar-refractivity contribution in [2.45, 2.75) is 39.2 Å². The van der Waals surface area contributed by atoms with Crippen molar-refractivity contribution >= 4 is 6.03 Å². The predicted molar refractivity (Wildman–Crippen MR) is 84.0 cm³/mol. The minimum atomic E-state index is -0.0220. The highest BCUT2D eigenvalue weighted by Crippen LogP contribution is 2.19. The number of nitrogens with one attached hydrogen (secondary N) is 2. The van der Waals surface area contributed by atoms with Gasteiger partial charge in [0.25, 0.3) is 0 Å². The molecule has 0 bridgehead atoms. The van der Waals surface area contributed by atoms with Crippen LogP contribution in [-0.2, 0) is 0 Å². The summed E-state index contributed by atoms with van der Waals surface area (Å²) in [4.78, 5) is 15.5. The first-order chi connectivity index (χ1) is 9.54. The van der Waals surface area contributed by atoms with Gasteiger partial charge in [-0.05, 0) is 45.2 Å². The van der Waals surface area contributed by atoms with Crippen molar-refractivity contribution in [2.24, 2.45) is 5.92 Å². The van der Waals surface area contributed by atoms with Crippen LogP contribution >= 0.6 is 0 Å². The maximum absolute atomic E-state index is 11.4. The summed E-state index contributed by atoms with van der Waals surface area (Å²) in [6.45, 7) is 9.74. The van der Waals surface area contributed by atoms with Gasteiger partial charge in [0.15, 0.2) is 0 Å². The van der Waals surface area contributed by atoms with Crippen molar-refractivity contribution in [2.75, 3.05) is 46.8 Å². The second kappa shape index (κ2) is 9.19. The first kappa shape index (κ1) is 17.2. The maximum atomic E-state index is 11.4. The average Bonchev–Trinajstić information content (AvgIpc) is 2.43.